The summed E-state index contributed by atoms with van der Waals surface area (Å²) in [7, 11) is 3.97. The molecule has 0 bridgehead atoms. The van der Waals surface area contributed by atoms with E-state index in [1.54, 1.807) is 12.1 Å². The summed E-state index contributed by atoms with van der Waals surface area (Å²) in [6.07, 6.45) is 0. The van der Waals surface area contributed by atoms with Crippen molar-refractivity contribution >= 4 is 17.3 Å². The standard InChI is InChI=1S/C16H18N3O2.W/c1-12(17)21-18-13-7-9-15(10-8-13)20-16-6-4-5-14(11-16)19(2)3;/h4-11,17H,1-3H3;/q-1;. The van der Waals surface area contributed by atoms with E-state index in [1.807, 2.05) is 55.4 Å². The molecule has 0 saturated carbocycles. The van der Waals surface area contributed by atoms with E-state index in [9.17, 15) is 0 Å². The Morgan fingerprint density at radius 2 is 1.73 bits per heavy atom. The Kier molecular flexibility index (Phi) is 6.93. The molecular weight excluding hydrogens is 450 g/mol. The third-order valence-corrected chi connectivity index (χ3v) is 2.69. The molecule has 1 N–H and O–H groups in total. The molecule has 0 radical (unpaired) electrons. The number of benzene rings is 2. The van der Waals surface area contributed by atoms with Gasteiger partial charge in [0.05, 0.1) is 0 Å². The molecule has 0 aliphatic rings. The van der Waals surface area contributed by atoms with Gasteiger partial charge in [-0.05, 0) is 24.3 Å². The molecule has 0 spiro atoms. The van der Waals surface area contributed by atoms with Crippen LogP contribution in [0.25, 0.3) is 5.48 Å². The Morgan fingerprint density at radius 3 is 2.32 bits per heavy atom. The van der Waals surface area contributed by atoms with Gasteiger partial charge in [0.15, 0.2) is 5.90 Å². The molecule has 0 heterocycles. The zero-order valence-electron chi connectivity index (χ0n) is 12.7. The van der Waals surface area contributed by atoms with Crippen molar-refractivity contribution in [2.75, 3.05) is 19.0 Å². The fraction of sp³-hybridized carbons (Fsp3) is 0.188. The number of nitrogens with zero attached hydrogens (tertiary/aromatic N) is 2. The van der Waals surface area contributed by atoms with Gasteiger partial charge in [0.1, 0.15) is 11.5 Å². The van der Waals surface area contributed by atoms with Gasteiger partial charge in [-0.15, -0.1) is 5.69 Å². The topological polar surface area (TPSA) is 59.6 Å². The number of ether oxygens (including phenoxy) is 1. The van der Waals surface area contributed by atoms with Crippen LogP contribution in [0.4, 0.5) is 11.4 Å². The summed E-state index contributed by atoms with van der Waals surface area (Å²) in [5, 5.41) is 7.14. The van der Waals surface area contributed by atoms with Crippen molar-refractivity contribution in [2.24, 2.45) is 0 Å². The summed E-state index contributed by atoms with van der Waals surface area (Å²) in [6, 6.07) is 15.0. The number of hydrogen-bond donors (Lipinski definition) is 1. The van der Waals surface area contributed by atoms with Crippen LogP contribution in [0.5, 0.6) is 11.5 Å². The second kappa shape index (κ2) is 8.44. The number of rotatable bonds is 5. The molecule has 0 amide bonds. The SMILES string of the molecule is CC(=N)O[N-]c1ccc(Oc2cccc(N(C)C)c2)cc1.[W]. The van der Waals surface area contributed by atoms with Gasteiger partial charge in [0.2, 0.25) is 0 Å². The first-order chi connectivity index (χ1) is 10.0. The molecule has 0 saturated heterocycles. The van der Waals surface area contributed by atoms with Gasteiger partial charge in [0.25, 0.3) is 0 Å². The summed E-state index contributed by atoms with van der Waals surface area (Å²) in [5.74, 6) is 1.55. The first kappa shape index (κ1) is 18.0. The fourth-order valence-corrected chi connectivity index (χ4v) is 1.66. The molecule has 2 aromatic carbocycles. The van der Waals surface area contributed by atoms with Crippen LogP contribution in [0.1, 0.15) is 6.92 Å². The molecule has 116 valence electrons. The molecule has 0 aromatic heterocycles. The van der Waals surface area contributed by atoms with Crippen molar-refractivity contribution in [2.45, 2.75) is 6.92 Å². The summed E-state index contributed by atoms with van der Waals surface area (Å²) < 4.78 is 5.80. The van der Waals surface area contributed by atoms with Crippen LogP contribution in [0, 0.1) is 5.41 Å². The van der Waals surface area contributed by atoms with E-state index in [2.05, 4.69) is 5.48 Å². The Morgan fingerprint density at radius 1 is 1.05 bits per heavy atom. The maximum atomic E-state index is 7.14. The van der Waals surface area contributed by atoms with E-state index < -0.39 is 0 Å². The molecule has 0 fully saturated rings. The van der Waals surface area contributed by atoms with Gasteiger partial charge in [-0.25, -0.2) is 0 Å². The van der Waals surface area contributed by atoms with Crippen molar-refractivity contribution in [3.05, 3.63) is 54.0 Å². The van der Waals surface area contributed by atoms with Gasteiger partial charge in [-0.1, -0.05) is 18.2 Å². The minimum atomic E-state index is 0. The fourth-order valence-electron chi connectivity index (χ4n) is 1.66. The molecule has 5 nitrogen and oxygen atoms in total. The van der Waals surface area contributed by atoms with Crippen LogP contribution in [-0.4, -0.2) is 20.0 Å². The summed E-state index contributed by atoms with van der Waals surface area (Å²) in [5.41, 5.74) is 5.52. The maximum absolute atomic E-state index is 7.14. The minimum absolute atomic E-state index is 0. The maximum Gasteiger partial charge on any atom is 0.166 e. The van der Waals surface area contributed by atoms with Gasteiger partial charge >= 0.3 is 0 Å². The monoisotopic (exact) mass is 468 g/mol. The van der Waals surface area contributed by atoms with E-state index in [0.29, 0.717) is 5.69 Å². The molecule has 2 aromatic rings. The van der Waals surface area contributed by atoms with Crippen molar-refractivity contribution in [1.82, 2.24) is 0 Å². The summed E-state index contributed by atoms with van der Waals surface area (Å²) >= 11 is 0. The van der Waals surface area contributed by atoms with Gasteiger partial charge < -0.3 is 20.0 Å². The van der Waals surface area contributed by atoms with E-state index in [4.69, 9.17) is 15.0 Å². The predicted molar refractivity (Wildman–Crippen MR) is 84.8 cm³/mol. The first-order valence-corrected chi connectivity index (χ1v) is 6.53. The second-order valence-corrected chi connectivity index (χ2v) is 4.73. The van der Waals surface area contributed by atoms with Gasteiger partial charge in [-0.2, -0.15) is 0 Å². The molecule has 0 aliphatic heterocycles. The number of anilines is 1. The average Bonchev–Trinajstić information content (AvgIpc) is 2.47. The Hall–Kier alpha value is -2.00. The average molecular weight is 468 g/mol. The molecule has 0 unspecified atom stereocenters. The van der Waals surface area contributed by atoms with Crippen molar-refractivity contribution in [3.8, 4) is 11.5 Å². The third-order valence-electron chi connectivity index (χ3n) is 2.69. The predicted octanol–water partition coefficient (Wildman–Crippen LogP) is 4.48. The zero-order valence-corrected chi connectivity index (χ0v) is 15.7. The normalized spacial score (nSPS) is 9.41. The molecule has 0 aliphatic carbocycles. The number of nitrogens with one attached hydrogen (secondary N) is 1. The van der Waals surface area contributed by atoms with Crippen LogP contribution in [0.2, 0.25) is 0 Å². The van der Waals surface area contributed by atoms with Crippen LogP contribution >= 0.6 is 0 Å². The first-order valence-electron chi connectivity index (χ1n) is 6.53. The van der Waals surface area contributed by atoms with Crippen LogP contribution < -0.4 is 9.64 Å². The molecule has 22 heavy (non-hydrogen) atoms. The van der Waals surface area contributed by atoms with E-state index in [0.717, 1.165) is 17.2 Å². The van der Waals surface area contributed by atoms with Crippen LogP contribution in [0.15, 0.2) is 48.5 Å². The number of hydrogen-bond acceptors (Lipinski definition) is 4. The smallest absolute Gasteiger partial charge is 0.166 e. The van der Waals surface area contributed by atoms with E-state index in [1.165, 1.54) is 6.92 Å². The van der Waals surface area contributed by atoms with Gasteiger partial charge in [-0.3, -0.25) is 5.41 Å². The second-order valence-electron chi connectivity index (χ2n) is 4.73. The quantitative estimate of drug-likeness (QED) is 0.400. The van der Waals surface area contributed by atoms with E-state index >= 15 is 0 Å². The Bertz CT molecular complexity index is 615. The van der Waals surface area contributed by atoms with Gasteiger partial charge in [0, 0.05) is 53.8 Å². The van der Waals surface area contributed by atoms with Crippen molar-refractivity contribution in [1.29, 1.82) is 5.41 Å². The Labute approximate surface area is 145 Å². The largest absolute Gasteiger partial charge is 0.547 e. The molecule has 2 rings (SSSR count). The zero-order chi connectivity index (χ0) is 15.2. The summed E-state index contributed by atoms with van der Waals surface area (Å²) in [4.78, 5) is 6.81. The summed E-state index contributed by atoms with van der Waals surface area (Å²) in [6.45, 7) is 1.53. The molecular formula is C16H18N3O2W-. The van der Waals surface area contributed by atoms with Crippen molar-refractivity contribution in [3.63, 3.8) is 0 Å². The van der Waals surface area contributed by atoms with Crippen LogP contribution in [0.3, 0.4) is 0 Å². The Balaban J connectivity index is 0.00000242. The van der Waals surface area contributed by atoms with E-state index in [-0.39, 0.29) is 27.0 Å². The van der Waals surface area contributed by atoms with Crippen LogP contribution in [-0.2, 0) is 25.9 Å². The molecule has 6 heteroatoms. The minimum Gasteiger partial charge on any atom is -0.547 e. The molecule has 0 atom stereocenters. The van der Waals surface area contributed by atoms with Crippen molar-refractivity contribution < 1.29 is 30.6 Å². The third kappa shape index (κ3) is 5.41.